The second-order valence-corrected chi connectivity index (χ2v) is 4.33. The monoisotopic (exact) mass is 189 g/mol. The third-order valence-corrected chi connectivity index (χ3v) is 3.24. The fourth-order valence-electron chi connectivity index (χ4n) is 2.37. The van der Waals surface area contributed by atoms with Gasteiger partial charge in [0, 0.05) is 12.6 Å². The summed E-state index contributed by atoms with van der Waals surface area (Å²) in [7, 11) is 2.25. The summed E-state index contributed by atoms with van der Waals surface area (Å²) in [5, 5.41) is 0. The summed E-state index contributed by atoms with van der Waals surface area (Å²) < 4.78 is 0. The van der Waals surface area contributed by atoms with Crippen LogP contribution >= 0.6 is 0 Å². The van der Waals surface area contributed by atoms with Crippen LogP contribution in [0.5, 0.6) is 0 Å². The Balaban J connectivity index is 2.18. The Morgan fingerprint density at radius 3 is 2.71 bits per heavy atom. The first-order valence-electron chi connectivity index (χ1n) is 5.58. The van der Waals surface area contributed by atoms with Crippen molar-refractivity contribution in [3.8, 4) is 0 Å². The van der Waals surface area contributed by atoms with E-state index in [-0.39, 0.29) is 0 Å². The SMILES string of the molecule is CCCC1Cc2ccccc2CN1C. The summed E-state index contributed by atoms with van der Waals surface area (Å²) in [5.74, 6) is 0. The Bertz CT molecular complexity index is 306. The average molecular weight is 189 g/mol. The van der Waals surface area contributed by atoms with Crippen molar-refractivity contribution in [3.63, 3.8) is 0 Å². The lowest BCUT2D eigenvalue weighted by molar-refractivity contribution is 0.203. The highest BCUT2D eigenvalue weighted by molar-refractivity contribution is 5.29. The van der Waals surface area contributed by atoms with Crippen molar-refractivity contribution in [3.05, 3.63) is 35.4 Å². The highest BCUT2D eigenvalue weighted by atomic mass is 15.1. The lowest BCUT2D eigenvalue weighted by Crippen LogP contribution is -2.37. The van der Waals surface area contributed by atoms with Gasteiger partial charge in [-0.2, -0.15) is 0 Å². The van der Waals surface area contributed by atoms with Gasteiger partial charge < -0.3 is 0 Å². The van der Waals surface area contributed by atoms with Crippen LogP contribution in [0.3, 0.4) is 0 Å². The molecule has 0 radical (unpaired) electrons. The van der Waals surface area contributed by atoms with E-state index < -0.39 is 0 Å². The molecular weight excluding hydrogens is 170 g/mol. The van der Waals surface area contributed by atoms with Gasteiger partial charge in [0.2, 0.25) is 0 Å². The third kappa shape index (κ3) is 1.83. The van der Waals surface area contributed by atoms with E-state index in [2.05, 4.69) is 43.1 Å². The van der Waals surface area contributed by atoms with Gasteiger partial charge in [-0.1, -0.05) is 37.6 Å². The average Bonchev–Trinajstić information content (AvgIpc) is 2.19. The van der Waals surface area contributed by atoms with Gasteiger partial charge >= 0.3 is 0 Å². The van der Waals surface area contributed by atoms with Crippen molar-refractivity contribution in [1.82, 2.24) is 4.90 Å². The molecule has 0 fully saturated rings. The van der Waals surface area contributed by atoms with Crippen LogP contribution in [0.2, 0.25) is 0 Å². The smallest absolute Gasteiger partial charge is 0.0236 e. The Labute approximate surface area is 86.7 Å². The van der Waals surface area contributed by atoms with E-state index in [1.165, 1.54) is 24.8 Å². The third-order valence-electron chi connectivity index (χ3n) is 3.24. The number of rotatable bonds is 2. The zero-order chi connectivity index (χ0) is 9.97. The number of likely N-dealkylation sites (N-methyl/N-ethyl adjacent to an activating group) is 1. The Kier molecular flexibility index (Phi) is 2.87. The fraction of sp³-hybridized carbons (Fsp3) is 0.538. The highest BCUT2D eigenvalue weighted by Gasteiger charge is 2.21. The summed E-state index contributed by atoms with van der Waals surface area (Å²) in [6, 6.07) is 9.61. The van der Waals surface area contributed by atoms with Gasteiger partial charge in [0.1, 0.15) is 0 Å². The van der Waals surface area contributed by atoms with Crippen molar-refractivity contribution in [2.24, 2.45) is 0 Å². The first kappa shape index (κ1) is 9.72. The van der Waals surface area contributed by atoms with E-state index in [9.17, 15) is 0 Å². The summed E-state index contributed by atoms with van der Waals surface area (Å²) in [6.07, 6.45) is 3.85. The Hall–Kier alpha value is -0.820. The van der Waals surface area contributed by atoms with Crippen molar-refractivity contribution in [2.75, 3.05) is 7.05 Å². The van der Waals surface area contributed by atoms with Crippen LogP contribution in [0.1, 0.15) is 30.9 Å². The zero-order valence-electron chi connectivity index (χ0n) is 9.16. The summed E-state index contributed by atoms with van der Waals surface area (Å²) in [5.41, 5.74) is 3.08. The van der Waals surface area contributed by atoms with E-state index in [1.807, 2.05) is 0 Å². The van der Waals surface area contributed by atoms with Crippen LogP contribution in [0, 0.1) is 0 Å². The molecule has 0 saturated heterocycles. The number of hydrogen-bond donors (Lipinski definition) is 0. The minimum absolute atomic E-state index is 0.759. The highest BCUT2D eigenvalue weighted by Crippen LogP contribution is 2.23. The van der Waals surface area contributed by atoms with Crippen molar-refractivity contribution in [1.29, 1.82) is 0 Å². The molecule has 0 saturated carbocycles. The van der Waals surface area contributed by atoms with Crippen LogP contribution in [0.15, 0.2) is 24.3 Å². The van der Waals surface area contributed by atoms with E-state index in [0.29, 0.717) is 0 Å². The van der Waals surface area contributed by atoms with Crippen LogP contribution in [-0.4, -0.2) is 18.0 Å². The van der Waals surface area contributed by atoms with E-state index in [4.69, 9.17) is 0 Å². The molecule has 1 aliphatic heterocycles. The first-order valence-corrected chi connectivity index (χ1v) is 5.58. The first-order chi connectivity index (χ1) is 6.81. The zero-order valence-corrected chi connectivity index (χ0v) is 9.16. The van der Waals surface area contributed by atoms with Crippen LogP contribution in [-0.2, 0) is 13.0 Å². The summed E-state index contributed by atoms with van der Waals surface area (Å²) >= 11 is 0. The lowest BCUT2D eigenvalue weighted by atomic mass is 9.92. The quantitative estimate of drug-likeness (QED) is 0.691. The number of hydrogen-bond acceptors (Lipinski definition) is 1. The number of benzene rings is 1. The minimum Gasteiger partial charge on any atom is -0.299 e. The van der Waals surface area contributed by atoms with Crippen molar-refractivity contribution in [2.45, 2.75) is 38.8 Å². The normalized spacial score (nSPS) is 22.0. The van der Waals surface area contributed by atoms with Crippen LogP contribution < -0.4 is 0 Å². The molecule has 0 N–H and O–H groups in total. The largest absolute Gasteiger partial charge is 0.299 e. The minimum atomic E-state index is 0.759. The van der Waals surface area contributed by atoms with E-state index >= 15 is 0 Å². The Morgan fingerprint density at radius 1 is 1.29 bits per heavy atom. The molecule has 2 rings (SSSR count). The standard InChI is InChI=1S/C13H19N/c1-3-6-13-9-11-7-4-5-8-12(11)10-14(13)2/h4-5,7-8,13H,3,6,9-10H2,1-2H3. The molecule has 1 aromatic rings. The molecule has 1 nitrogen and oxygen atoms in total. The molecule has 1 unspecified atom stereocenters. The van der Waals surface area contributed by atoms with E-state index in [0.717, 1.165) is 12.6 Å². The molecule has 0 spiro atoms. The summed E-state index contributed by atoms with van der Waals surface area (Å²) in [6.45, 7) is 3.40. The van der Waals surface area contributed by atoms with Gasteiger partial charge in [0.05, 0.1) is 0 Å². The molecule has 0 amide bonds. The molecular formula is C13H19N. The lowest BCUT2D eigenvalue weighted by Gasteiger charge is -2.34. The number of fused-ring (bicyclic) bond motifs is 1. The van der Waals surface area contributed by atoms with Crippen LogP contribution in [0.25, 0.3) is 0 Å². The molecule has 1 aliphatic rings. The molecule has 0 aliphatic carbocycles. The molecule has 0 bridgehead atoms. The fourth-order valence-corrected chi connectivity index (χ4v) is 2.37. The van der Waals surface area contributed by atoms with Crippen molar-refractivity contribution < 1.29 is 0 Å². The van der Waals surface area contributed by atoms with Gasteiger partial charge in [-0.05, 0) is 31.0 Å². The van der Waals surface area contributed by atoms with Gasteiger partial charge in [-0.25, -0.2) is 0 Å². The van der Waals surface area contributed by atoms with Gasteiger partial charge in [0.25, 0.3) is 0 Å². The maximum absolute atomic E-state index is 2.49. The molecule has 1 heteroatoms. The molecule has 14 heavy (non-hydrogen) atoms. The van der Waals surface area contributed by atoms with Crippen molar-refractivity contribution >= 4 is 0 Å². The molecule has 76 valence electrons. The number of nitrogens with zero attached hydrogens (tertiary/aromatic N) is 1. The second-order valence-electron chi connectivity index (χ2n) is 4.33. The predicted octanol–water partition coefficient (Wildman–Crippen LogP) is 2.84. The molecule has 1 aromatic carbocycles. The van der Waals surface area contributed by atoms with Crippen LogP contribution in [0.4, 0.5) is 0 Å². The van der Waals surface area contributed by atoms with Gasteiger partial charge in [-0.15, -0.1) is 0 Å². The predicted molar refractivity (Wildman–Crippen MR) is 60.3 cm³/mol. The second kappa shape index (κ2) is 4.14. The molecule has 1 heterocycles. The topological polar surface area (TPSA) is 3.24 Å². The maximum Gasteiger partial charge on any atom is 0.0236 e. The maximum atomic E-state index is 2.49. The summed E-state index contributed by atoms with van der Waals surface area (Å²) in [4.78, 5) is 2.49. The Morgan fingerprint density at radius 2 is 2.00 bits per heavy atom. The van der Waals surface area contributed by atoms with E-state index in [1.54, 1.807) is 5.56 Å². The van der Waals surface area contributed by atoms with Gasteiger partial charge in [0.15, 0.2) is 0 Å². The van der Waals surface area contributed by atoms with Gasteiger partial charge in [-0.3, -0.25) is 4.90 Å². The molecule has 1 atom stereocenters. The molecule has 0 aromatic heterocycles.